The van der Waals surface area contributed by atoms with Gasteiger partial charge in [-0.25, -0.2) is 0 Å². The minimum absolute atomic E-state index is 0.0920. The number of hydrogen-bond acceptors (Lipinski definition) is 4. The highest BCUT2D eigenvalue weighted by Crippen LogP contribution is 2.30. The first-order valence-corrected chi connectivity index (χ1v) is 10.4. The van der Waals surface area contributed by atoms with E-state index >= 15 is 0 Å². The van der Waals surface area contributed by atoms with Crippen LogP contribution < -0.4 is 5.32 Å². The Labute approximate surface area is 164 Å². The first-order chi connectivity index (χ1) is 11.8. The quantitative estimate of drug-likeness (QED) is 0.788. The molecule has 0 bridgehead atoms. The number of nitrogens with one attached hydrogen (secondary N) is 1. The van der Waals surface area contributed by atoms with Crippen LogP contribution in [0.25, 0.3) is 0 Å². The van der Waals surface area contributed by atoms with Gasteiger partial charge >= 0.3 is 0 Å². The summed E-state index contributed by atoms with van der Waals surface area (Å²) >= 11 is 0. The summed E-state index contributed by atoms with van der Waals surface area (Å²) in [5.74, 6) is 0. The first kappa shape index (κ1) is 25.4. The second-order valence-electron chi connectivity index (χ2n) is 10.3. The van der Waals surface area contributed by atoms with Crippen molar-refractivity contribution in [2.75, 3.05) is 39.8 Å². The average Bonchev–Trinajstić information content (AvgIpc) is 3.05. The minimum Gasteiger partial charge on any atom is -0.308 e. The lowest BCUT2D eigenvalue weighted by molar-refractivity contribution is 0.215. The highest BCUT2D eigenvalue weighted by molar-refractivity contribution is 5.02. The van der Waals surface area contributed by atoms with Crippen molar-refractivity contribution in [1.29, 1.82) is 5.26 Å². The van der Waals surface area contributed by atoms with Crippen molar-refractivity contribution in [3.8, 4) is 6.07 Å². The number of likely N-dealkylation sites (tertiary alicyclic amines) is 2. The summed E-state index contributed by atoms with van der Waals surface area (Å²) in [7, 11) is 2.18. The summed E-state index contributed by atoms with van der Waals surface area (Å²) in [6.45, 7) is 25.1. The maximum absolute atomic E-state index is 8.96. The molecule has 26 heavy (non-hydrogen) atoms. The topological polar surface area (TPSA) is 42.3 Å². The fourth-order valence-electron chi connectivity index (χ4n) is 3.62. The third kappa shape index (κ3) is 11.2. The van der Waals surface area contributed by atoms with Crippen LogP contribution >= 0.6 is 0 Å². The summed E-state index contributed by atoms with van der Waals surface area (Å²) < 4.78 is 0. The van der Waals surface area contributed by atoms with E-state index in [1.54, 1.807) is 0 Å². The molecule has 0 amide bonds. The van der Waals surface area contributed by atoms with Crippen LogP contribution in [-0.2, 0) is 0 Å². The molecule has 0 saturated carbocycles. The Bertz CT molecular complexity index is 427. The molecule has 1 N–H and O–H groups in total. The smallest absolute Gasteiger partial charge is 0.0700 e. The molecule has 0 aromatic heterocycles. The van der Waals surface area contributed by atoms with Gasteiger partial charge in [0.15, 0.2) is 0 Å². The third-order valence-corrected chi connectivity index (χ3v) is 4.55. The predicted molar refractivity (Wildman–Crippen MR) is 114 cm³/mol. The Morgan fingerprint density at radius 1 is 1.12 bits per heavy atom. The fourth-order valence-corrected chi connectivity index (χ4v) is 3.62. The van der Waals surface area contributed by atoms with Gasteiger partial charge in [-0.3, -0.25) is 0 Å². The monoisotopic (exact) mass is 366 g/mol. The number of rotatable bonds is 2. The van der Waals surface area contributed by atoms with Crippen molar-refractivity contribution in [3.05, 3.63) is 0 Å². The van der Waals surface area contributed by atoms with E-state index in [0.717, 1.165) is 26.1 Å². The summed E-state index contributed by atoms with van der Waals surface area (Å²) in [5.41, 5.74) is 0.530. The SMILES string of the molecule is CC.CC(C)(C)CN1CCC(C)(C#N)C1.CN1CCC(NC(C)(C)C)C1. The van der Waals surface area contributed by atoms with Gasteiger partial charge in [-0.15, -0.1) is 0 Å². The molecule has 154 valence electrons. The molecule has 0 spiro atoms. The molecular formula is C22H46N4. The van der Waals surface area contributed by atoms with Crippen LogP contribution in [0.1, 0.15) is 75.2 Å². The van der Waals surface area contributed by atoms with Gasteiger partial charge in [-0.2, -0.15) is 5.26 Å². The van der Waals surface area contributed by atoms with E-state index in [-0.39, 0.29) is 11.0 Å². The summed E-state index contributed by atoms with van der Waals surface area (Å²) in [6.07, 6.45) is 2.33. The molecule has 4 heteroatoms. The van der Waals surface area contributed by atoms with Gasteiger partial charge in [0.25, 0.3) is 0 Å². The van der Waals surface area contributed by atoms with E-state index in [4.69, 9.17) is 5.26 Å². The zero-order valence-corrected chi connectivity index (χ0v) is 19.4. The van der Waals surface area contributed by atoms with Gasteiger partial charge in [0.1, 0.15) is 0 Å². The van der Waals surface area contributed by atoms with Gasteiger partial charge in [0.05, 0.1) is 11.5 Å². The normalized spacial score (nSPS) is 27.2. The van der Waals surface area contributed by atoms with Crippen molar-refractivity contribution in [2.24, 2.45) is 10.8 Å². The highest BCUT2D eigenvalue weighted by atomic mass is 15.2. The van der Waals surface area contributed by atoms with Gasteiger partial charge in [-0.1, -0.05) is 34.6 Å². The Hall–Kier alpha value is -0.630. The molecule has 2 fully saturated rings. The first-order valence-electron chi connectivity index (χ1n) is 10.4. The molecular weight excluding hydrogens is 320 g/mol. The number of hydrogen-bond donors (Lipinski definition) is 1. The van der Waals surface area contributed by atoms with Gasteiger partial charge < -0.3 is 15.1 Å². The van der Waals surface area contributed by atoms with Gasteiger partial charge in [-0.05, 0) is 66.1 Å². The summed E-state index contributed by atoms with van der Waals surface area (Å²) in [6, 6.07) is 3.12. The van der Waals surface area contributed by atoms with Crippen molar-refractivity contribution >= 4 is 0 Å². The van der Waals surface area contributed by atoms with Crippen LogP contribution in [0, 0.1) is 22.2 Å². The van der Waals surface area contributed by atoms with Crippen molar-refractivity contribution in [3.63, 3.8) is 0 Å². The molecule has 0 aromatic carbocycles. The largest absolute Gasteiger partial charge is 0.308 e. The van der Waals surface area contributed by atoms with Crippen LogP contribution in [0.15, 0.2) is 0 Å². The molecule has 2 unspecified atom stereocenters. The Kier molecular flexibility index (Phi) is 10.4. The van der Waals surface area contributed by atoms with Gasteiger partial charge in [0.2, 0.25) is 0 Å². The van der Waals surface area contributed by atoms with Crippen LogP contribution in [0.2, 0.25) is 0 Å². The van der Waals surface area contributed by atoms with Crippen molar-refractivity contribution < 1.29 is 0 Å². The zero-order valence-electron chi connectivity index (χ0n) is 19.4. The third-order valence-electron chi connectivity index (χ3n) is 4.55. The molecule has 4 nitrogen and oxygen atoms in total. The zero-order chi connectivity index (χ0) is 20.6. The molecule has 0 aromatic rings. The molecule has 2 aliphatic heterocycles. The van der Waals surface area contributed by atoms with E-state index < -0.39 is 0 Å². The second kappa shape index (κ2) is 10.6. The van der Waals surface area contributed by atoms with E-state index in [0.29, 0.717) is 11.5 Å². The predicted octanol–water partition coefficient (Wildman–Crippen LogP) is 4.37. The van der Waals surface area contributed by atoms with Gasteiger partial charge in [0, 0.05) is 31.2 Å². The van der Waals surface area contributed by atoms with E-state index in [1.807, 2.05) is 13.8 Å². The fraction of sp³-hybridized carbons (Fsp3) is 0.955. The standard InChI is InChI=1S/C11H20N2.C9H20N2.C2H6/c1-10(2,3)8-13-6-5-11(4,7-12)9-13;1-9(2,3)10-8-5-6-11(4)7-8;1-2/h5-6,8-9H2,1-4H3;8,10H,5-7H2,1-4H3;1-2H3. The summed E-state index contributed by atoms with van der Waals surface area (Å²) in [4.78, 5) is 4.78. The molecule has 2 atom stereocenters. The van der Waals surface area contributed by atoms with Crippen molar-refractivity contribution in [1.82, 2.24) is 15.1 Å². The van der Waals surface area contributed by atoms with Crippen LogP contribution in [0.3, 0.4) is 0 Å². The van der Waals surface area contributed by atoms with Crippen molar-refractivity contribution in [2.45, 2.75) is 86.7 Å². The Morgan fingerprint density at radius 2 is 1.69 bits per heavy atom. The molecule has 2 aliphatic rings. The van der Waals surface area contributed by atoms with Crippen LogP contribution in [-0.4, -0.2) is 61.2 Å². The molecule has 2 heterocycles. The maximum Gasteiger partial charge on any atom is 0.0700 e. The van der Waals surface area contributed by atoms with E-state index in [1.165, 1.54) is 19.5 Å². The average molecular weight is 367 g/mol. The van der Waals surface area contributed by atoms with E-state index in [2.05, 4.69) is 76.7 Å². The lowest BCUT2D eigenvalue weighted by Gasteiger charge is -2.26. The molecule has 2 rings (SSSR count). The van der Waals surface area contributed by atoms with Crippen LogP contribution in [0.5, 0.6) is 0 Å². The molecule has 0 aliphatic carbocycles. The van der Waals surface area contributed by atoms with E-state index in [9.17, 15) is 0 Å². The Balaban J connectivity index is 0.000000444. The number of nitriles is 1. The lowest BCUT2D eigenvalue weighted by atomic mass is 9.92. The molecule has 0 radical (unpaired) electrons. The highest BCUT2D eigenvalue weighted by Gasteiger charge is 2.34. The molecule has 2 saturated heterocycles. The van der Waals surface area contributed by atoms with Crippen LogP contribution in [0.4, 0.5) is 0 Å². The number of likely N-dealkylation sites (N-methyl/N-ethyl adjacent to an activating group) is 1. The minimum atomic E-state index is -0.0920. The summed E-state index contributed by atoms with van der Waals surface area (Å²) in [5, 5.41) is 12.6. The second-order valence-corrected chi connectivity index (χ2v) is 10.3. The number of nitrogens with zero attached hydrogens (tertiary/aromatic N) is 3. The Morgan fingerprint density at radius 3 is 2.04 bits per heavy atom. The lowest BCUT2D eigenvalue weighted by Crippen LogP contribution is -2.44. The maximum atomic E-state index is 8.96.